The number of carbonyl (C=O) groups is 1. The molecule has 0 spiro atoms. The van der Waals surface area contributed by atoms with E-state index in [0.717, 1.165) is 37.2 Å². The standard InChI is InChI=1S/C19H23NO4S/c21-18(15-7-10-25-13-15)11-20-19(22)17-4-2-1-3-14(17)12-24-16-5-8-23-9-6-16/h1-4,7,10,13,16,18,21H,5-6,8-9,11-12H2,(H,20,22)/t18-/m1/s1. The minimum absolute atomic E-state index is 0.185. The van der Waals surface area contributed by atoms with E-state index < -0.39 is 6.10 Å². The lowest BCUT2D eigenvalue weighted by atomic mass is 10.1. The molecular formula is C19H23NO4S. The number of hydrogen-bond acceptors (Lipinski definition) is 5. The van der Waals surface area contributed by atoms with Crippen LogP contribution >= 0.6 is 11.3 Å². The molecule has 2 aromatic rings. The zero-order chi connectivity index (χ0) is 17.5. The highest BCUT2D eigenvalue weighted by atomic mass is 32.1. The van der Waals surface area contributed by atoms with Crippen LogP contribution < -0.4 is 5.32 Å². The van der Waals surface area contributed by atoms with Gasteiger partial charge in [-0.3, -0.25) is 4.79 Å². The van der Waals surface area contributed by atoms with Crippen LogP contribution in [0.3, 0.4) is 0 Å². The van der Waals surface area contributed by atoms with Gasteiger partial charge in [-0.25, -0.2) is 0 Å². The second kappa shape index (κ2) is 9.10. The van der Waals surface area contributed by atoms with Crippen molar-refractivity contribution in [2.75, 3.05) is 19.8 Å². The van der Waals surface area contributed by atoms with E-state index >= 15 is 0 Å². The quantitative estimate of drug-likeness (QED) is 0.796. The van der Waals surface area contributed by atoms with Crippen molar-refractivity contribution in [2.45, 2.75) is 31.7 Å². The Morgan fingerprint density at radius 1 is 1.32 bits per heavy atom. The van der Waals surface area contributed by atoms with Crippen LogP contribution in [0.4, 0.5) is 0 Å². The molecular weight excluding hydrogens is 338 g/mol. The largest absolute Gasteiger partial charge is 0.387 e. The van der Waals surface area contributed by atoms with Crippen LogP contribution in [0.2, 0.25) is 0 Å². The first-order valence-corrected chi connectivity index (χ1v) is 9.44. The number of aliphatic hydroxyl groups is 1. The first kappa shape index (κ1) is 18.1. The summed E-state index contributed by atoms with van der Waals surface area (Å²) in [5.41, 5.74) is 2.27. The number of ether oxygens (including phenoxy) is 2. The molecule has 1 aromatic heterocycles. The van der Waals surface area contributed by atoms with Gasteiger partial charge in [0.25, 0.3) is 5.91 Å². The average Bonchev–Trinajstić information content (AvgIpc) is 3.20. The molecule has 1 atom stereocenters. The summed E-state index contributed by atoms with van der Waals surface area (Å²) in [6.07, 6.45) is 1.27. The fourth-order valence-corrected chi connectivity index (χ4v) is 3.49. The van der Waals surface area contributed by atoms with Crippen molar-refractivity contribution in [3.63, 3.8) is 0 Å². The van der Waals surface area contributed by atoms with Gasteiger partial charge in [0.15, 0.2) is 0 Å². The Hall–Kier alpha value is -1.73. The summed E-state index contributed by atoms with van der Waals surface area (Å²) < 4.78 is 11.3. The molecule has 1 saturated heterocycles. The topological polar surface area (TPSA) is 67.8 Å². The molecule has 1 amide bonds. The van der Waals surface area contributed by atoms with E-state index in [2.05, 4.69) is 5.32 Å². The van der Waals surface area contributed by atoms with Crippen molar-refractivity contribution in [1.82, 2.24) is 5.32 Å². The van der Waals surface area contributed by atoms with Crippen LogP contribution in [0, 0.1) is 0 Å². The van der Waals surface area contributed by atoms with E-state index in [-0.39, 0.29) is 18.6 Å². The highest BCUT2D eigenvalue weighted by molar-refractivity contribution is 7.07. The van der Waals surface area contributed by atoms with Gasteiger partial charge in [-0.1, -0.05) is 18.2 Å². The van der Waals surface area contributed by atoms with Gasteiger partial charge in [0.1, 0.15) is 0 Å². The monoisotopic (exact) mass is 361 g/mol. The summed E-state index contributed by atoms with van der Waals surface area (Å²) in [7, 11) is 0. The molecule has 134 valence electrons. The van der Waals surface area contributed by atoms with Crippen LogP contribution in [0.15, 0.2) is 41.1 Å². The number of nitrogens with one attached hydrogen (secondary N) is 1. The Morgan fingerprint density at radius 2 is 2.12 bits per heavy atom. The molecule has 1 fully saturated rings. The molecule has 3 rings (SSSR count). The predicted octanol–water partition coefficient (Wildman–Crippen LogP) is 2.91. The lowest BCUT2D eigenvalue weighted by molar-refractivity contribution is -0.0392. The third-order valence-corrected chi connectivity index (χ3v) is 4.99. The lowest BCUT2D eigenvalue weighted by Gasteiger charge is -2.23. The Kier molecular flexibility index (Phi) is 6.58. The summed E-state index contributed by atoms with van der Waals surface area (Å²) in [6.45, 7) is 2.05. The van der Waals surface area contributed by atoms with Gasteiger partial charge in [0.2, 0.25) is 0 Å². The highest BCUT2D eigenvalue weighted by Gasteiger charge is 2.17. The number of rotatable bonds is 7. The van der Waals surface area contributed by atoms with Crippen molar-refractivity contribution >= 4 is 17.2 Å². The van der Waals surface area contributed by atoms with E-state index in [1.807, 2.05) is 35.0 Å². The molecule has 0 saturated carbocycles. The van der Waals surface area contributed by atoms with Gasteiger partial charge in [-0.15, -0.1) is 0 Å². The number of aliphatic hydroxyl groups excluding tert-OH is 1. The Morgan fingerprint density at radius 3 is 2.88 bits per heavy atom. The molecule has 0 radical (unpaired) electrons. The minimum Gasteiger partial charge on any atom is -0.387 e. The maximum absolute atomic E-state index is 12.5. The second-order valence-corrected chi connectivity index (χ2v) is 6.84. The Labute approximate surface area is 151 Å². The molecule has 0 aliphatic carbocycles. The minimum atomic E-state index is -0.694. The molecule has 25 heavy (non-hydrogen) atoms. The van der Waals surface area contributed by atoms with Crippen LogP contribution in [0.25, 0.3) is 0 Å². The van der Waals surface area contributed by atoms with Crippen LogP contribution in [-0.2, 0) is 16.1 Å². The van der Waals surface area contributed by atoms with Gasteiger partial charge in [0.05, 0.1) is 18.8 Å². The van der Waals surface area contributed by atoms with Crippen molar-refractivity contribution in [1.29, 1.82) is 0 Å². The molecule has 5 nitrogen and oxygen atoms in total. The van der Waals surface area contributed by atoms with Crippen molar-refractivity contribution in [3.8, 4) is 0 Å². The third kappa shape index (κ3) is 5.12. The maximum atomic E-state index is 12.5. The first-order chi connectivity index (χ1) is 12.2. The van der Waals surface area contributed by atoms with Crippen LogP contribution in [0.1, 0.15) is 40.4 Å². The zero-order valence-electron chi connectivity index (χ0n) is 14.0. The molecule has 1 aromatic carbocycles. The number of benzene rings is 1. The smallest absolute Gasteiger partial charge is 0.251 e. The average molecular weight is 361 g/mol. The van der Waals surface area contributed by atoms with Crippen LogP contribution in [-0.4, -0.2) is 36.9 Å². The van der Waals surface area contributed by atoms with Gasteiger partial charge in [-0.2, -0.15) is 11.3 Å². The predicted molar refractivity (Wildman–Crippen MR) is 96.7 cm³/mol. The fraction of sp³-hybridized carbons (Fsp3) is 0.421. The van der Waals surface area contributed by atoms with Crippen molar-refractivity contribution in [3.05, 3.63) is 57.8 Å². The van der Waals surface area contributed by atoms with E-state index in [0.29, 0.717) is 12.2 Å². The number of carbonyl (C=O) groups excluding carboxylic acids is 1. The van der Waals surface area contributed by atoms with Gasteiger partial charge in [0, 0.05) is 25.3 Å². The molecule has 1 aliphatic rings. The molecule has 0 unspecified atom stereocenters. The van der Waals surface area contributed by atoms with E-state index in [9.17, 15) is 9.90 Å². The molecule has 2 N–H and O–H groups in total. The summed E-state index contributed by atoms with van der Waals surface area (Å²) in [4.78, 5) is 12.5. The van der Waals surface area contributed by atoms with Gasteiger partial charge in [-0.05, 0) is 46.9 Å². The van der Waals surface area contributed by atoms with E-state index in [1.165, 1.54) is 11.3 Å². The summed E-state index contributed by atoms with van der Waals surface area (Å²) in [5, 5.41) is 16.7. The van der Waals surface area contributed by atoms with Crippen LogP contribution in [0.5, 0.6) is 0 Å². The van der Waals surface area contributed by atoms with E-state index in [4.69, 9.17) is 9.47 Å². The van der Waals surface area contributed by atoms with Crippen molar-refractivity contribution < 1.29 is 19.4 Å². The molecule has 1 aliphatic heterocycles. The summed E-state index contributed by atoms with van der Waals surface area (Å²) >= 11 is 1.52. The van der Waals surface area contributed by atoms with Gasteiger partial charge < -0.3 is 19.9 Å². The third-order valence-electron chi connectivity index (χ3n) is 4.29. The van der Waals surface area contributed by atoms with E-state index in [1.54, 1.807) is 6.07 Å². The lowest BCUT2D eigenvalue weighted by Crippen LogP contribution is -2.29. The highest BCUT2D eigenvalue weighted by Crippen LogP contribution is 2.17. The van der Waals surface area contributed by atoms with Crippen molar-refractivity contribution in [2.24, 2.45) is 0 Å². The fourth-order valence-electron chi connectivity index (χ4n) is 2.78. The molecule has 0 bridgehead atoms. The van der Waals surface area contributed by atoms with Gasteiger partial charge >= 0.3 is 0 Å². The normalized spacial score (nSPS) is 16.5. The summed E-state index contributed by atoms with van der Waals surface area (Å²) in [6, 6.07) is 9.29. The Bertz CT molecular complexity index is 668. The number of thiophene rings is 1. The first-order valence-electron chi connectivity index (χ1n) is 8.49. The summed E-state index contributed by atoms with van der Waals surface area (Å²) in [5.74, 6) is -0.194. The molecule has 6 heteroatoms. The Balaban J connectivity index is 1.56. The zero-order valence-corrected chi connectivity index (χ0v) is 14.8. The number of amides is 1. The maximum Gasteiger partial charge on any atom is 0.251 e. The number of hydrogen-bond donors (Lipinski definition) is 2. The molecule has 2 heterocycles. The SMILES string of the molecule is O=C(NC[C@@H](O)c1ccsc1)c1ccccc1COC1CCOCC1. The second-order valence-electron chi connectivity index (χ2n) is 6.06.